The molecule has 0 saturated heterocycles. The number of carbonyl (C=O) groups excluding carboxylic acids is 1. The molecule has 0 spiro atoms. The molecular formula is C20H25N5O5S. The molecule has 3 rings (SSSR count). The van der Waals surface area contributed by atoms with Crippen LogP contribution in [0.1, 0.15) is 41.6 Å². The Bertz CT molecular complexity index is 1160. The van der Waals surface area contributed by atoms with Gasteiger partial charge in [-0.25, -0.2) is 0 Å². The van der Waals surface area contributed by atoms with Crippen LogP contribution in [0.2, 0.25) is 0 Å². The lowest BCUT2D eigenvalue weighted by atomic mass is 10.0. The zero-order valence-corrected chi connectivity index (χ0v) is 18.7. The number of aromatic hydroxyl groups is 1. The lowest BCUT2D eigenvalue weighted by Gasteiger charge is -2.22. The first-order chi connectivity index (χ1) is 14.5. The summed E-state index contributed by atoms with van der Waals surface area (Å²) in [5.41, 5.74) is 1.12. The quantitative estimate of drug-likeness (QED) is 0.599. The third-order valence-electron chi connectivity index (χ3n) is 4.58. The van der Waals surface area contributed by atoms with Gasteiger partial charge in [0.1, 0.15) is 5.76 Å². The Morgan fingerprint density at radius 1 is 1.19 bits per heavy atom. The van der Waals surface area contributed by atoms with E-state index in [-0.39, 0.29) is 40.6 Å². The standard InChI is InChI=1S/C20H25N5O5S/c1-11(2)16(15-9-12(3)10-30-15)22-19-18(23-31(28,29)24-19)21-14-8-6-7-13(17(14)26)20(27)25(4)5/h6-11,16,26H,1-5H3,(H,21,23)(H,22,24)/t16-/m1/s1. The molecule has 1 aromatic carbocycles. The van der Waals surface area contributed by atoms with Crippen molar-refractivity contribution in [3.63, 3.8) is 0 Å². The molecule has 31 heavy (non-hydrogen) atoms. The number of aryl methyl sites for hydroxylation is 1. The molecule has 0 unspecified atom stereocenters. The highest BCUT2D eigenvalue weighted by molar-refractivity contribution is 7.89. The first-order valence-electron chi connectivity index (χ1n) is 9.56. The van der Waals surface area contributed by atoms with Crippen LogP contribution in [0, 0.1) is 12.8 Å². The van der Waals surface area contributed by atoms with Crippen LogP contribution in [0.5, 0.6) is 5.75 Å². The van der Waals surface area contributed by atoms with Crippen molar-refractivity contribution in [1.29, 1.82) is 0 Å². The Labute approximate surface area is 180 Å². The van der Waals surface area contributed by atoms with E-state index in [0.717, 1.165) is 5.56 Å². The molecule has 1 aliphatic heterocycles. The molecule has 0 saturated carbocycles. The molecule has 0 fully saturated rings. The average molecular weight is 448 g/mol. The number of para-hydroxylation sites is 1. The number of anilines is 1. The molecule has 0 aliphatic carbocycles. The Morgan fingerprint density at radius 2 is 1.87 bits per heavy atom. The van der Waals surface area contributed by atoms with Crippen molar-refractivity contribution in [2.75, 3.05) is 19.4 Å². The number of hydrogen-bond donors (Lipinski definition) is 3. The second-order valence-electron chi connectivity index (χ2n) is 7.75. The van der Waals surface area contributed by atoms with Crippen LogP contribution in [0.25, 0.3) is 0 Å². The van der Waals surface area contributed by atoms with Crippen LogP contribution in [-0.2, 0) is 10.2 Å². The van der Waals surface area contributed by atoms with E-state index < -0.39 is 16.1 Å². The van der Waals surface area contributed by atoms with Crippen molar-refractivity contribution < 1.29 is 22.7 Å². The number of benzene rings is 1. The number of furan rings is 1. The summed E-state index contributed by atoms with van der Waals surface area (Å²) in [6.45, 7) is 5.79. The zero-order chi connectivity index (χ0) is 22.9. The summed E-state index contributed by atoms with van der Waals surface area (Å²) in [4.78, 5) is 13.6. The van der Waals surface area contributed by atoms with Gasteiger partial charge in [-0.15, -0.1) is 8.80 Å². The molecule has 1 atom stereocenters. The predicted octanol–water partition coefficient (Wildman–Crippen LogP) is 2.45. The summed E-state index contributed by atoms with van der Waals surface area (Å²) in [7, 11) is -0.978. The van der Waals surface area contributed by atoms with Crippen molar-refractivity contribution >= 4 is 33.5 Å². The largest absolute Gasteiger partial charge is 0.505 e. The van der Waals surface area contributed by atoms with Crippen molar-refractivity contribution in [3.05, 3.63) is 47.4 Å². The minimum Gasteiger partial charge on any atom is -0.505 e. The number of nitrogens with one attached hydrogen (secondary N) is 2. The Hall–Kier alpha value is -3.34. The van der Waals surface area contributed by atoms with Crippen LogP contribution in [-0.4, -0.2) is 50.1 Å². The smallest absolute Gasteiger partial charge is 0.367 e. The number of hydrogen-bond acceptors (Lipinski definition) is 7. The fourth-order valence-corrected chi connectivity index (χ4v) is 3.80. The fourth-order valence-electron chi connectivity index (χ4n) is 3.03. The lowest BCUT2D eigenvalue weighted by Crippen LogP contribution is -2.38. The van der Waals surface area contributed by atoms with Crippen LogP contribution >= 0.6 is 0 Å². The van der Waals surface area contributed by atoms with Crippen LogP contribution < -0.4 is 10.6 Å². The van der Waals surface area contributed by atoms with E-state index in [1.54, 1.807) is 26.4 Å². The summed E-state index contributed by atoms with van der Waals surface area (Å²) in [6, 6.07) is 6.02. The zero-order valence-electron chi connectivity index (χ0n) is 17.9. The van der Waals surface area contributed by atoms with Gasteiger partial charge in [0.15, 0.2) is 17.4 Å². The minimum absolute atomic E-state index is 0.0171. The molecule has 11 heteroatoms. The van der Waals surface area contributed by atoms with Gasteiger partial charge in [0.05, 0.1) is 23.6 Å². The number of amides is 1. The number of nitrogens with zero attached hydrogens (tertiary/aromatic N) is 3. The molecule has 0 radical (unpaired) electrons. The maximum Gasteiger partial charge on any atom is 0.367 e. The highest BCUT2D eigenvalue weighted by Crippen LogP contribution is 2.29. The van der Waals surface area contributed by atoms with Crippen molar-refractivity contribution in [2.45, 2.75) is 26.8 Å². The lowest BCUT2D eigenvalue weighted by molar-refractivity contribution is 0.0824. The van der Waals surface area contributed by atoms with E-state index >= 15 is 0 Å². The first kappa shape index (κ1) is 22.3. The number of phenolic OH excluding ortho intramolecular Hbond substituents is 1. The summed E-state index contributed by atoms with van der Waals surface area (Å²) in [5, 5.41) is 16.4. The number of amidine groups is 2. The summed E-state index contributed by atoms with van der Waals surface area (Å²) in [6.07, 6.45) is 1.61. The number of rotatable bonds is 5. The van der Waals surface area contributed by atoms with Gasteiger partial charge in [-0.2, -0.15) is 8.42 Å². The molecular weight excluding hydrogens is 422 g/mol. The second kappa shape index (κ2) is 8.42. The van der Waals surface area contributed by atoms with E-state index in [0.29, 0.717) is 5.76 Å². The van der Waals surface area contributed by atoms with E-state index in [9.17, 15) is 18.3 Å². The number of phenols is 1. The molecule has 1 aliphatic rings. The Morgan fingerprint density at radius 3 is 2.45 bits per heavy atom. The van der Waals surface area contributed by atoms with E-state index in [2.05, 4.69) is 19.4 Å². The van der Waals surface area contributed by atoms with Gasteiger partial charge in [0.2, 0.25) is 0 Å². The third-order valence-corrected chi connectivity index (χ3v) is 5.41. The molecule has 2 heterocycles. The van der Waals surface area contributed by atoms with Gasteiger partial charge >= 0.3 is 10.2 Å². The first-order valence-corrected chi connectivity index (χ1v) is 11.0. The van der Waals surface area contributed by atoms with Crippen molar-refractivity contribution in [2.24, 2.45) is 14.7 Å². The summed E-state index contributed by atoms with van der Waals surface area (Å²) < 4.78 is 37.1. The van der Waals surface area contributed by atoms with Gasteiger partial charge in [-0.3, -0.25) is 4.79 Å². The van der Waals surface area contributed by atoms with Crippen molar-refractivity contribution in [1.82, 2.24) is 10.2 Å². The van der Waals surface area contributed by atoms with Crippen LogP contribution in [0.15, 0.2) is 43.7 Å². The van der Waals surface area contributed by atoms with E-state index in [1.807, 2.05) is 26.8 Å². The van der Waals surface area contributed by atoms with E-state index in [1.165, 1.54) is 17.0 Å². The minimum atomic E-state index is -4.10. The number of carbonyl (C=O) groups is 1. The van der Waals surface area contributed by atoms with Gasteiger partial charge in [-0.1, -0.05) is 19.9 Å². The maximum absolute atomic E-state index is 12.3. The fraction of sp³-hybridized carbons (Fsp3) is 0.350. The SMILES string of the molecule is Cc1coc([C@H](NC2=NS(=O)(=O)N=C2Nc2cccc(C(=O)N(C)C)c2O)C(C)C)c1. The molecule has 10 nitrogen and oxygen atoms in total. The van der Waals surface area contributed by atoms with Gasteiger partial charge < -0.3 is 25.1 Å². The highest BCUT2D eigenvalue weighted by Gasteiger charge is 2.30. The maximum atomic E-state index is 12.3. The van der Waals surface area contributed by atoms with E-state index in [4.69, 9.17) is 4.42 Å². The normalized spacial score (nSPS) is 15.9. The molecule has 0 bridgehead atoms. The predicted molar refractivity (Wildman–Crippen MR) is 118 cm³/mol. The van der Waals surface area contributed by atoms with Crippen molar-refractivity contribution in [3.8, 4) is 5.75 Å². The average Bonchev–Trinajstić information content (AvgIpc) is 3.22. The van der Waals surface area contributed by atoms with Gasteiger partial charge in [-0.05, 0) is 36.6 Å². The molecule has 2 aromatic rings. The monoisotopic (exact) mass is 447 g/mol. The summed E-state index contributed by atoms with van der Waals surface area (Å²) in [5.74, 6) is -0.181. The Kier molecular flexibility index (Phi) is 6.07. The third kappa shape index (κ3) is 4.88. The molecule has 3 N–H and O–H groups in total. The molecule has 1 amide bonds. The Balaban J connectivity index is 1.92. The second-order valence-corrected chi connectivity index (χ2v) is 9.01. The van der Waals surface area contributed by atoms with Gasteiger partial charge in [0, 0.05) is 14.1 Å². The van der Waals surface area contributed by atoms with Crippen LogP contribution in [0.4, 0.5) is 5.69 Å². The van der Waals surface area contributed by atoms with Gasteiger partial charge in [0.25, 0.3) is 5.91 Å². The van der Waals surface area contributed by atoms with Crippen LogP contribution in [0.3, 0.4) is 0 Å². The topological polar surface area (TPSA) is 137 Å². The highest BCUT2D eigenvalue weighted by atomic mass is 32.2. The summed E-state index contributed by atoms with van der Waals surface area (Å²) >= 11 is 0. The molecule has 1 aromatic heterocycles. The molecule has 166 valence electrons.